The molecule has 3 rings (SSSR count). The van der Waals surface area contributed by atoms with Gasteiger partial charge < -0.3 is 10.1 Å². The normalized spacial score (nSPS) is 19.4. The number of amides is 3. The van der Waals surface area contributed by atoms with E-state index in [-0.39, 0.29) is 5.78 Å². The van der Waals surface area contributed by atoms with E-state index in [0.29, 0.717) is 11.1 Å². The smallest absolute Gasteiger partial charge is 0.326 e. The molecule has 2 aromatic rings. The van der Waals surface area contributed by atoms with Crippen LogP contribution in [0.1, 0.15) is 42.3 Å². The van der Waals surface area contributed by atoms with Crippen LogP contribution in [0, 0.1) is 0 Å². The van der Waals surface area contributed by atoms with Crippen LogP contribution in [0.15, 0.2) is 54.6 Å². The molecule has 30 heavy (non-hydrogen) atoms. The molecule has 1 saturated heterocycles. The van der Waals surface area contributed by atoms with E-state index >= 15 is 0 Å². The standard InChI is InChI=1S/C23H24N2O5/c1-4-16-10-12-17(13-11-16)20(27)15(2)30-19(26)14-25-21(28)23(3,24-22(25)29)18-8-6-5-7-9-18/h5-13,15H,4,14H2,1-3H3,(H,24,29)/t15-,23+/m0/s1. The highest BCUT2D eigenvalue weighted by Gasteiger charge is 2.49. The molecule has 0 saturated carbocycles. The van der Waals surface area contributed by atoms with Crippen LogP contribution in [0.3, 0.4) is 0 Å². The van der Waals surface area contributed by atoms with Crippen molar-refractivity contribution >= 4 is 23.7 Å². The number of Topliss-reactive ketones (excluding diaryl/α,β-unsaturated/α-hetero) is 1. The Morgan fingerprint density at radius 2 is 1.70 bits per heavy atom. The average Bonchev–Trinajstić information content (AvgIpc) is 2.97. The lowest BCUT2D eigenvalue weighted by molar-refractivity contribution is -0.149. The largest absolute Gasteiger partial charge is 0.453 e. The number of imide groups is 1. The third-order valence-electron chi connectivity index (χ3n) is 5.24. The molecule has 0 radical (unpaired) electrons. The molecule has 1 N–H and O–H groups in total. The molecule has 0 aromatic heterocycles. The lowest BCUT2D eigenvalue weighted by Crippen LogP contribution is -2.42. The number of hydrogen-bond donors (Lipinski definition) is 1. The van der Waals surface area contributed by atoms with Gasteiger partial charge in [0.15, 0.2) is 6.10 Å². The summed E-state index contributed by atoms with van der Waals surface area (Å²) in [6, 6.07) is 15.2. The number of carbonyl (C=O) groups is 4. The molecule has 1 heterocycles. The molecule has 1 aliphatic heterocycles. The zero-order valence-corrected chi connectivity index (χ0v) is 17.2. The fourth-order valence-electron chi connectivity index (χ4n) is 3.36. The molecule has 7 nitrogen and oxygen atoms in total. The van der Waals surface area contributed by atoms with Crippen molar-refractivity contribution in [3.63, 3.8) is 0 Å². The number of hydrogen-bond acceptors (Lipinski definition) is 5. The predicted octanol–water partition coefficient (Wildman–Crippen LogP) is 2.83. The SMILES string of the molecule is CCc1ccc(C(=O)[C@H](C)OC(=O)CN2C(=O)N[C@](C)(c3ccccc3)C2=O)cc1. The lowest BCUT2D eigenvalue weighted by atomic mass is 9.92. The van der Waals surface area contributed by atoms with Crippen molar-refractivity contribution in [2.45, 2.75) is 38.8 Å². The first kappa shape index (κ1) is 21.2. The van der Waals surface area contributed by atoms with Crippen molar-refractivity contribution in [2.24, 2.45) is 0 Å². The summed E-state index contributed by atoms with van der Waals surface area (Å²) in [5.74, 6) is -1.73. The summed E-state index contributed by atoms with van der Waals surface area (Å²) in [4.78, 5) is 50.8. The van der Waals surface area contributed by atoms with Crippen LogP contribution in [0.4, 0.5) is 4.79 Å². The number of aryl methyl sites for hydroxylation is 1. The zero-order chi connectivity index (χ0) is 21.9. The van der Waals surface area contributed by atoms with Crippen LogP contribution in [-0.4, -0.2) is 41.2 Å². The van der Waals surface area contributed by atoms with Crippen LogP contribution in [0.5, 0.6) is 0 Å². The molecular formula is C23H24N2O5. The highest BCUT2D eigenvalue weighted by atomic mass is 16.5. The topological polar surface area (TPSA) is 92.8 Å². The maximum absolute atomic E-state index is 12.8. The number of nitrogens with one attached hydrogen (secondary N) is 1. The minimum absolute atomic E-state index is 0.350. The average molecular weight is 408 g/mol. The number of benzene rings is 2. The zero-order valence-electron chi connectivity index (χ0n) is 17.2. The second kappa shape index (κ2) is 8.49. The quantitative estimate of drug-likeness (QED) is 0.432. The van der Waals surface area contributed by atoms with E-state index in [1.807, 2.05) is 19.1 Å². The van der Waals surface area contributed by atoms with Crippen LogP contribution in [0.2, 0.25) is 0 Å². The van der Waals surface area contributed by atoms with Crippen LogP contribution in [0.25, 0.3) is 0 Å². The molecule has 0 spiro atoms. The van der Waals surface area contributed by atoms with E-state index in [2.05, 4.69) is 5.32 Å². The first-order chi connectivity index (χ1) is 14.3. The minimum Gasteiger partial charge on any atom is -0.453 e. The highest BCUT2D eigenvalue weighted by Crippen LogP contribution is 2.28. The Morgan fingerprint density at radius 3 is 2.30 bits per heavy atom. The van der Waals surface area contributed by atoms with Crippen molar-refractivity contribution in [1.82, 2.24) is 10.2 Å². The molecule has 2 aromatic carbocycles. The summed E-state index contributed by atoms with van der Waals surface area (Å²) in [5, 5.41) is 2.63. The van der Waals surface area contributed by atoms with Crippen molar-refractivity contribution in [1.29, 1.82) is 0 Å². The third kappa shape index (κ3) is 4.10. The summed E-state index contributed by atoms with van der Waals surface area (Å²) < 4.78 is 5.19. The van der Waals surface area contributed by atoms with Gasteiger partial charge in [0.05, 0.1) is 0 Å². The summed E-state index contributed by atoms with van der Waals surface area (Å²) in [7, 11) is 0. The van der Waals surface area contributed by atoms with E-state index in [4.69, 9.17) is 4.74 Å². The Morgan fingerprint density at radius 1 is 1.07 bits per heavy atom. The van der Waals surface area contributed by atoms with Gasteiger partial charge in [-0.05, 0) is 31.4 Å². The Kier molecular flexibility index (Phi) is 6.01. The van der Waals surface area contributed by atoms with Gasteiger partial charge in [0.25, 0.3) is 5.91 Å². The molecule has 0 unspecified atom stereocenters. The van der Waals surface area contributed by atoms with Gasteiger partial charge in [-0.15, -0.1) is 0 Å². The van der Waals surface area contributed by atoms with E-state index in [1.165, 1.54) is 6.92 Å². The van der Waals surface area contributed by atoms with Gasteiger partial charge in [-0.2, -0.15) is 0 Å². The summed E-state index contributed by atoms with van der Waals surface area (Å²) in [5.41, 5.74) is 0.870. The van der Waals surface area contributed by atoms with Crippen LogP contribution >= 0.6 is 0 Å². The molecule has 7 heteroatoms. The Balaban J connectivity index is 1.64. The van der Waals surface area contributed by atoms with Crippen LogP contribution in [-0.2, 0) is 26.3 Å². The summed E-state index contributed by atoms with van der Waals surface area (Å²) in [6.45, 7) is 4.49. The van der Waals surface area contributed by atoms with Crippen molar-refractivity contribution < 1.29 is 23.9 Å². The minimum atomic E-state index is -1.26. The maximum atomic E-state index is 12.8. The molecule has 156 valence electrons. The molecule has 2 atom stereocenters. The van der Waals surface area contributed by atoms with Gasteiger partial charge >= 0.3 is 12.0 Å². The molecule has 0 aliphatic carbocycles. The monoisotopic (exact) mass is 408 g/mol. The van der Waals surface area contributed by atoms with Gasteiger partial charge in [-0.1, -0.05) is 61.5 Å². The number of esters is 1. The van der Waals surface area contributed by atoms with E-state index < -0.39 is 36.1 Å². The number of urea groups is 1. The number of ketones is 1. The first-order valence-electron chi connectivity index (χ1n) is 9.78. The Labute approximate surface area is 175 Å². The van der Waals surface area contributed by atoms with E-state index in [1.54, 1.807) is 49.4 Å². The Hall–Kier alpha value is -3.48. The number of rotatable bonds is 7. The van der Waals surface area contributed by atoms with Crippen LogP contribution < -0.4 is 5.32 Å². The summed E-state index contributed by atoms with van der Waals surface area (Å²) >= 11 is 0. The van der Waals surface area contributed by atoms with Gasteiger partial charge in [-0.25, -0.2) is 4.79 Å². The lowest BCUT2D eigenvalue weighted by Gasteiger charge is -2.22. The fourth-order valence-corrected chi connectivity index (χ4v) is 3.36. The maximum Gasteiger partial charge on any atom is 0.326 e. The van der Waals surface area contributed by atoms with Crippen molar-refractivity contribution in [2.75, 3.05) is 6.54 Å². The molecule has 0 bridgehead atoms. The second-order valence-corrected chi connectivity index (χ2v) is 7.36. The first-order valence-corrected chi connectivity index (χ1v) is 9.78. The van der Waals surface area contributed by atoms with Gasteiger partial charge in [0.2, 0.25) is 5.78 Å². The number of carbonyl (C=O) groups excluding carboxylic acids is 4. The van der Waals surface area contributed by atoms with Crippen molar-refractivity contribution in [3.8, 4) is 0 Å². The molecule has 3 amide bonds. The molecular weight excluding hydrogens is 384 g/mol. The van der Waals surface area contributed by atoms with Gasteiger partial charge in [-0.3, -0.25) is 19.3 Å². The number of ether oxygens (including phenoxy) is 1. The van der Waals surface area contributed by atoms with E-state index in [0.717, 1.165) is 16.9 Å². The summed E-state index contributed by atoms with van der Waals surface area (Å²) in [6.07, 6.45) is -0.182. The third-order valence-corrected chi connectivity index (χ3v) is 5.24. The predicted molar refractivity (Wildman–Crippen MR) is 110 cm³/mol. The van der Waals surface area contributed by atoms with Gasteiger partial charge in [0, 0.05) is 5.56 Å². The molecule has 1 aliphatic rings. The van der Waals surface area contributed by atoms with E-state index in [9.17, 15) is 19.2 Å². The van der Waals surface area contributed by atoms with Gasteiger partial charge in [0.1, 0.15) is 12.1 Å². The number of nitrogens with zero attached hydrogens (tertiary/aromatic N) is 1. The Bertz CT molecular complexity index is 971. The molecule has 1 fully saturated rings. The van der Waals surface area contributed by atoms with Crippen molar-refractivity contribution in [3.05, 3.63) is 71.3 Å². The fraction of sp³-hybridized carbons (Fsp3) is 0.304. The highest BCUT2D eigenvalue weighted by molar-refractivity contribution is 6.09. The second-order valence-electron chi connectivity index (χ2n) is 7.36.